The topological polar surface area (TPSA) is 34.4 Å². The summed E-state index contributed by atoms with van der Waals surface area (Å²) in [6.07, 6.45) is 8.11. The first-order chi connectivity index (χ1) is 9.53. The monoisotopic (exact) mass is 281 g/mol. The lowest BCUT2D eigenvalue weighted by Crippen LogP contribution is -2.35. The maximum Gasteiger partial charge on any atom is 0.133 e. The van der Waals surface area contributed by atoms with Gasteiger partial charge >= 0.3 is 0 Å². The van der Waals surface area contributed by atoms with E-state index >= 15 is 0 Å². The lowest BCUT2D eigenvalue weighted by Gasteiger charge is -2.20. The van der Waals surface area contributed by atoms with E-state index in [4.69, 9.17) is 9.15 Å². The molecule has 0 saturated heterocycles. The molecule has 0 saturated carbocycles. The van der Waals surface area contributed by atoms with E-state index in [0.717, 1.165) is 25.3 Å². The van der Waals surface area contributed by atoms with Crippen LogP contribution in [0.2, 0.25) is 0 Å². The van der Waals surface area contributed by atoms with Crippen LogP contribution in [0.25, 0.3) is 0 Å². The minimum atomic E-state index is 0.120. The van der Waals surface area contributed by atoms with E-state index < -0.39 is 0 Å². The summed E-state index contributed by atoms with van der Waals surface area (Å²) in [5, 5.41) is 3.47. The van der Waals surface area contributed by atoms with Crippen LogP contribution in [0, 0.1) is 0 Å². The van der Waals surface area contributed by atoms with Crippen LogP contribution in [-0.4, -0.2) is 12.1 Å². The van der Waals surface area contributed by atoms with E-state index in [0.29, 0.717) is 6.61 Å². The smallest absolute Gasteiger partial charge is 0.133 e. The second-order valence-corrected chi connectivity index (χ2v) is 6.44. The van der Waals surface area contributed by atoms with E-state index in [-0.39, 0.29) is 5.54 Å². The lowest BCUT2D eigenvalue weighted by molar-refractivity contribution is 0.101. The van der Waals surface area contributed by atoms with Crippen LogP contribution in [0.1, 0.15) is 71.1 Å². The average Bonchev–Trinajstić information content (AvgIpc) is 2.82. The Morgan fingerprint density at radius 3 is 2.60 bits per heavy atom. The van der Waals surface area contributed by atoms with Gasteiger partial charge in [-0.3, -0.25) is 0 Å². The molecule has 0 atom stereocenters. The fourth-order valence-electron chi connectivity index (χ4n) is 1.98. The second kappa shape index (κ2) is 9.19. The standard InChI is InChI=1S/C17H31NO2/c1-5-6-7-8-9-11-19-14-16-15(10-12-20-16)13-18-17(2,3)4/h10,12,18H,5-9,11,13-14H2,1-4H3. The van der Waals surface area contributed by atoms with Crippen LogP contribution < -0.4 is 5.32 Å². The van der Waals surface area contributed by atoms with Crippen molar-refractivity contribution in [3.05, 3.63) is 23.7 Å². The van der Waals surface area contributed by atoms with Crippen molar-refractivity contribution in [3.63, 3.8) is 0 Å². The molecule has 0 aliphatic heterocycles. The molecule has 1 heterocycles. The third-order valence-corrected chi connectivity index (χ3v) is 3.27. The molecule has 3 nitrogen and oxygen atoms in total. The number of unbranched alkanes of at least 4 members (excludes halogenated alkanes) is 4. The van der Waals surface area contributed by atoms with E-state index in [2.05, 4.69) is 33.0 Å². The van der Waals surface area contributed by atoms with Crippen LogP contribution in [0.5, 0.6) is 0 Å². The fraction of sp³-hybridized carbons (Fsp3) is 0.765. The summed E-state index contributed by atoms with van der Waals surface area (Å²) in [5.74, 6) is 0.954. The summed E-state index contributed by atoms with van der Waals surface area (Å²) >= 11 is 0. The zero-order valence-electron chi connectivity index (χ0n) is 13.6. The number of hydrogen-bond donors (Lipinski definition) is 1. The average molecular weight is 281 g/mol. The van der Waals surface area contributed by atoms with Crippen molar-refractivity contribution in [1.29, 1.82) is 0 Å². The largest absolute Gasteiger partial charge is 0.467 e. The Labute approximate surface area is 124 Å². The molecule has 0 aliphatic carbocycles. The predicted molar refractivity (Wildman–Crippen MR) is 83.7 cm³/mol. The highest BCUT2D eigenvalue weighted by molar-refractivity contribution is 5.16. The van der Waals surface area contributed by atoms with Gasteiger partial charge in [-0.25, -0.2) is 0 Å². The molecule has 1 rings (SSSR count). The van der Waals surface area contributed by atoms with Gasteiger partial charge in [0.05, 0.1) is 6.26 Å². The maximum absolute atomic E-state index is 5.71. The highest BCUT2D eigenvalue weighted by Gasteiger charge is 2.12. The van der Waals surface area contributed by atoms with Gasteiger partial charge in [0.1, 0.15) is 12.4 Å². The predicted octanol–water partition coefficient (Wildman–Crippen LogP) is 4.65. The number of ether oxygens (including phenoxy) is 1. The van der Waals surface area contributed by atoms with Gasteiger partial charge in [0.15, 0.2) is 0 Å². The normalized spacial score (nSPS) is 12.0. The van der Waals surface area contributed by atoms with E-state index in [1.165, 1.54) is 31.2 Å². The van der Waals surface area contributed by atoms with Gasteiger partial charge in [-0.15, -0.1) is 0 Å². The van der Waals surface area contributed by atoms with Crippen molar-refractivity contribution in [2.45, 2.75) is 78.5 Å². The summed E-state index contributed by atoms with van der Waals surface area (Å²) in [6.45, 7) is 11.0. The summed E-state index contributed by atoms with van der Waals surface area (Å²) < 4.78 is 11.2. The van der Waals surface area contributed by atoms with Gasteiger partial charge in [0.2, 0.25) is 0 Å². The maximum atomic E-state index is 5.71. The first kappa shape index (κ1) is 17.3. The van der Waals surface area contributed by atoms with Gasteiger partial charge in [-0.05, 0) is 33.3 Å². The molecule has 0 bridgehead atoms. The fourth-order valence-corrected chi connectivity index (χ4v) is 1.98. The van der Waals surface area contributed by atoms with Gasteiger partial charge in [-0.1, -0.05) is 32.6 Å². The lowest BCUT2D eigenvalue weighted by atomic mass is 10.1. The molecule has 1 aromatic heterocycles. The van der Waals surface area contributed by atoms with Crippen molar-refractivity contribution in [1.82, 2.24) is 5.32 Å². The van der Waals surface area contributed by atoms with Crippen molar-refractivity contribution in [2.75, 3.05) is 6.61 Å². The highest BCUT2D eigenvalue weighted by Crippen LogP contribution is 2.14. The van der Waals surface area contributed by atoms with Crippen LogP contribution in [-0.2, 0) is 17.9 Å². The Morgan fingerprint density at radius 2 is 1.90 bits per heavy atom. The number of nitrogens with one attached hydrogen (secondary N) is 1. The summed E-state index contributed by atoms with van der Waals surface area (Å²) in [4.78, 5) is 0. The van der Waals surface area contributed by atoms with Crippen LogP contribution in [0.3, 0.4) is 0 Å². The Hall–Kier alpha value is -0.800. The summed E-state index contributed by atoms with van der Waals surface area (Å²) in [6, 6.07) is 2.03. The third kappa shape index (κ3) is 7.71. The third-order valence-electron chi connectivity index (χ3n) is 3.27. The van der Waals surface area contributed by atoms with E-state index in [9.17, 15) is 0 Å². The van der Waals surface area contributed by atoms with E-state index in [1.807, 2.05) is 6.07 Å². The molecule has 0 aromatic carbocycles. The van der Waals surface area contributed by atoms with Crippen LogP contribution in [0.4, 0.5) is 0 Å². The molecule has 0 spiro atoms. The minimum Gasteiger partial charge on any atom is -0.467 e. The number of hydrogen-bond acceptors (Lipinski definition) is 3. The molecular formula is C17H31NO2. The van der Waals surface area contributed by atoms with Crippen molar-refractivity contribution in [2.24, 2.45) is 0 Å². The highest BCUT2D eigenvalue weighted by atomic mass is 16.5. The molecule has 20 heavy (non-hydrogen) atoms. The van der Waals surface area contributed by atoms with Crippen LogP contribution >= 0.6 is 0 Å². The zero-order chi connectivity index (χ0) is 14.8. The number of rotatable bonds is 10. The first-order valence-electron chi connectivity index (χ1n) is 7.91. The van der Waals surface area contributed by atoms with Crippen LogP contribution in [0.15, 0.2) is 16.7 Å². The summed E-state index contributed by atoms with van der Waals surface area (Å²) in [5.41, 5.74) is 1.32. The SMILES string of the molecule is CCCCCCCOCc1occc1CNC(C)(C)C. The van der Waals surface area contributed by atoms with Crippen molar-refractivity contribution >= 4 is 0 Å². The summed E-state index contributed by atoms with van der Waals surface area (Å²) in [7, 11) is 0. The zero-order valence-corrected chi connectivity index (χ0v) is 13.6. The Morgan fingerprint density at radius 1 is 1.15 bits per heavy atom. The van der Waals surface area contributed by atoms with Gasteiger partial charge in [0, 0.05) is 24.3 Å². The number of furan rings is 1. The molecule has 0 fully saturated rings. The first-order valence-corrected chi connectivity index (χ1v) is 7.91. The minimum absolute atomic E-state index is 0.120. The molecular weight excluding hydrogens is 250 g/mol. The Balaban J connectivity index is 2.19. The molecule has 0 amide bonds. The molecule has 0 unspecified atom stereocenters. The molecule has 0 radical (unpaired) electrons. The Bertz CT molecular complexity index is 352. The molecule has 1 N–H and O–H groups in total. The van der Waals surface area contributed by atoms with Crippen molar-refractivity contribution in [3.8, 4) is 0 Å². The molecule has 116 valence electrons. The van der Waals surface area contributed by atoms with Crippen molar-refractivity contribution < 1.29 is 9.15 Å². The van der Waals surface area contributed by atoms with Gasteiger partial charge < -0.3 is 14.5 Å². The van der Waals surface area contributed by atoms with E-state index in [1.54, 1.807) is 6.26 Å². The quantitative estimate of drug-likeness (QED) is 0.634. The second-order valence-electron chi connectivity index (χ2n) is 6.44. The molecule has 1 aromatic rings. The van der Waals surface area contributed by atoms with Gasteiger partial charge in [-0.2, -0.15) is 0 Å². The molecule has 0 aliphatic rings. The molecule has 3 heteroatoms. The van der Waals surface area contributed by atoms with Gasteiger partial charge in [0.25, 0.3) is 0 Å². The Kier molecular flexibility index (Phi) is 7.93.